The summed E-state index contributed by atoms with van der Waals surface area (Å²) in [5.41, 5.74) is 10.1. The molecule has 0 aliphatic carbocycles. The van der Waals surface area contributed by atoms with E-state index in [4.69, 9.17) is 79.7 Å². The minimum atomic E-state index is -1.52. The molecule has 0 fully saturated rings. The summed E-state index contributed by atoms with van der Waals surface area (Å²) in [5, 5.41) is 29.5. The van der Waals surface area contributed by atoms with Crippen molar-refractivity contribution in [2.75, 3.05) is 10.2 Å². The second-order valence-electron chi connectivity index (χ2n) is 21.0. The van der Waals surface area contributed by atoms with Crippen LogP contribution in [0.5, 0.6) is 0 Å². The van der Waals surface area contributed by atoms with E-state index in [1.54, 1.807) is 12.1 Å². The van der Waals surface area contributed by atoms with Gasteiger partial charge in [-0.25, -0.2) is 0 Å². The molecule has 3 N–H and O–H groups in total. The van der Waals surface area contributed by atoms with Gasteiger partial charge in [0.2, 0.25) is 0 Å². The van der Waals surface area contributed by atoms with Crippen molar-refractivity contribution in [2.45, 2.75) is 62.8 Å². The van der Waals surface area contributed by atoms with Crippen LogP contribution < -0.4 is 15.7 Å². The van der Waals surface area contributed by atoms with Crippen molar-refractivity contribution in [1.82, 2.24) is 0 Å². The lowest BCUT2D eigenvalue weighted by molar-refractivity contribution is 0.426. The molecule has 0 bridgehead atoms. The minimum absolute atomic E-state index is 0. The topological polar surface area (TPSA) is 55.7 Å². The fraction of sp³-hybridized carbons (Fsp3) is 0.111. The van der Waals surface area contributed by atoms with E-state index >= 15 is 0 Å². The number of hydrogen-bond donors (Lipinski definition) is 3. The molecule has 0 saturated heterocycles. The van der Waals surface area contributed by atoms with E-state index in [0.29, 0.717) is 35.6 Å². The summed E-state index contributed by atoms with van der Waals surface area (Å²) in [6.45, 7) is 4.42. The number of fused-ring (bicyclic) bond motifs is 6. The van der Waals surface area contributed by atoms with E-state index in [2.05, 4.69) is 236 Å². The Labute approximate surface area is 642 Å². The number of para-hydroxylation sites is 2. The molecule has 0 unspecified atom stereocenters. The summed E-state index contributed by atoms with van der Waals surface area (Å²) >= 11 is 48.2. The van der Waals surface area contributed by atoms with Gasteiger partial charge in [0.1, 0.15) is 0 Å². The lowest BCUT2D eigenvalue weighted by Crippen LogP contribution is -2.29. The second-order valence-corrected chi connectivity index (χ2v) is 28.8. The Morgan fingerprint density at radius 1 is 0.371 bits per heavy atom. The maximum atomic E-state index is 8.71. The van der Waals surface area contributed by atoms with Gasteiger partial charge in [0.15, 0.2) is 0 Å². The maximum Gasteiger partial charge on any atom is 0.488 e. The smallest absolute Gasteiger partial charge is 0.423 e. The van der Waals surface area contributed by atoms with Crippen LogP contribution in [-0.2, 0) is 0 Å². The Balaban J connectivity index is 0.000000231. The third-order valence-corrected chi connectivity index (χ3v) is 19.5. The van der Waals surface area contributed by atoms with Gasteiger partial charge >= 0.3 is 7.12 Å². The van der Waals surface area contributed by atoms with Crippen molar-refractivity contribution in [2.24, 2.45) is 0 Å². The van der Waals surface area contributed by atoms with Gasteiger partial charge in [-0.15, -0.1) is 22.7 Å². The zero-order valence-corrected chi connectivity index (χ0v) is 61.7. The fourth-order valence-corrected chi connectivity index (χ4v) is 14.4. The van der Waals surface area contributed by atoms with Crippen molar-refractivity contribution in [3.05, 3.63) is 316 Å². The summed E-state index contributed by atoms with van der Waals surface area (Å²) < 4.78 is 8.75. The first kappa shape index (κ1) is 81.8. The maximum absolute atomic E-state index is 8.71. The minimum Gasteiger partial charge on any atom is -0.423 e. The molecule has 2 aromatic heterocycles. The van der Waals surface area contributed by atoms with Crippen LogP contribution in [0.25, 0.3) is 62.6 Å². The highest BCUT2D eigenvalue weighted by atomic mass is 127. The molecule has 0 aliphatic heterocycles. The molecule has 2 heterocycles. The van der Waals surface area contributed by atoms with Crippen LogP contribution in [0.4, 0.5) is 28.4 Å². The third-order valence-electron chi connectivity index (χ3n) is 14.1. The molecule has 0 aliphatic rings. The highest BCUT2D eigenvalue weighted by molar-refractivity contribution is 14.1. The zero-order chi connectivity index (χ0) is 65.8. The van der Waals surface area contributed by atoms with Gasteiger partial charge in [0.25, 0.3) is 0 Å². The normalized spacial score (nSPS) is 10.1. The van der Waals surface area contributed by atoms with E-state index < -0.39 is 7.12 Å². The van der Waals surface area contributed by atoms with Crippen LogP contribution in [0.15, 0.2) is 282 Å². The number of anilines is 5. The summed E-state index contributed by atoms with van der Waals surface area (Å²) in [6.07, 6.45) is 4.08. The molecule has 0 radical (unpaired) electrons. The predicted octanol–water partition coefficient (Wildman–Crippen LogP) is 30.2. The summed E-state index contributed by atoms with van der Waals surface area (Å²) in [5.74, 6) is 0. The molecule has 4 nitrogen and oxygen atoms in total. The molecule has 0 saturated carbocycles. The van der Waals surface area contributed by atoms with E-state index in [9.17, 15) is 0 Å². The van der Waals surface area contributed by atoms with E-state index in [1.807, 2.05) is 108 Å². The summed E-state index contributed by atoms with van der Waals surface area (Å²) in [4.78, 5) is 2.29. The molecule has 12 aromatic carbocycles. The molecule has 500 valence electrons. The number of nitrogens with one attached hydrogen (secondary N) is 1. The van der Waals surface area contributed by atoms with Crippen LogP contribution >= 0.6 is 147 Å². The van der Waals surface area contributed by atoms with Gasteiger partial charge in [0, 0.05) is 111 Å². The first-order valence-corrected chi connectivity index (χ1v) is 36.1. The van der Waals surface area contributed by atoms with Gasteiger partial charge in [-0.05, 0) is 226 Å². The Bertz CT molecular complexity index is 4620. The van der Waals surface area contributed by atoms with Gasteiger partial charge in [0.05, 0.1) is 0 Å². The molecule has 0 amide bonds. The van der Waals surface area contributed by atoms with Crippen LogP contribution in [0.1, 0.15) is 62.8 Å². The molecule has 16 heteroatoms. The van der Waals surface area contributed by atoms with Crippen molar-refractivity contribution in [3.8, 4) is 22.3 Å². The van der Waals surface area contributed by atoms with Crippen LogP contribution in [0.3, 0.4) is 0 Å². The number of benzene rings is 12. The number of unbranched alkanes of at least 4 members (excludes halogenated alkanes) is 2. The number of thiophene rings is 2. The largest absolute Gasteiger partial charge is 0.488 e. The Morgan fingerprint density at radius 3 is 1.19 bits per heavy atom. The van der Waals surface area contributed by atoms with E-state index in [0.717, 1.165) is 59.6 Å². The van der Waals surface area contributed by atoms with Gasteiger partial charge < -0.3 is 20.3 Å². The van der Waals surface area contributed by atoms with Crippen molar-refractivity contribution >= 4 is 228 Å². The van der Waals surface area contributed by atoms with Crippen LogP contribution in [-0.4, -0.2) is 17.2 Å². The van der Waals surface area contributed by atoms with Crippen molar-refractivity contribution in [1.29, 1.82) is 0 Å². The van der Waals surface area contributed by atoms with E-state index in [-0.39, 0.29) is 29.7 Å². The number of halogens is 9. The average Bonchev–Trinajstić information content (AvgIpc) is 1.72. The molecule has 97 heavy (non-hydrogen) atoms. The fourth-order valence-electron chi connectivity index (χ4n) is 9.76. The first-order chi connectivity index (χ1) is 45.0. The standard InChI is InChI=1S/C30H19Cl2NS.C18H13NS.C12H7BrCl2.C6H5BCl2O2.C6H4BrI.C5H12.4CH4/c31-22-16-21(17-23(32)18-22)20-10-12-25(13-11-20)33(24-6-2-1-3-7-24)26-14-15-30-28(19-26)27-8-4-5-9-29(27)34-30;1-2-6-13(7-3-1)19-14-10-11-18-16(12-14)15-8-4-5-9-17(15)20-18;13-10-3-1-8(2-4-10)9-5-11(14)7-12(15)6-9;8-5-1-4(7(10)11)2-6(9)3-5;7-5-1-3-6(8)4-2-5;1-3-5-4-2;;;;/h1-19H;1-12,19H;1-7H;1-3,10-11H;1-4H;3-5H2,1-2H3;4*1H4. The lowest BCUT2D eigenvalue weighted by Gasteiger charge is -2.26. The zero-order valence-electron chi connectivity index (χ0n) is 50.2. The predicted molar refractivity (Wildman–Crippen MR) is 453 cm³/mol. The van der Waals surface area contributed by atoms with E-state index in [1.165, 1.54) is 81.4 Å². The molecule has 0 spiro atoms. The molecule has 0 atom stereocenters. The van der Waals surface area contributed by atoms with Crippen molar-refractivity contribution < 1.29 is 10.0 Å². The molecule has 14 aromatic rings. The van der Waals surface area contributed by atoms with Gasteiger partial charge in [-0.1, -0.05) is 261 Å². The van der Waals surface area contributed by atoms with Gasteiger partial charge in [-0.2, -0.15) is 0 Å². The number of nitrogens with zero attached hydrogens (tertiary/aromatic N) is 1. The van der Waals surface area contributed by atoms with Gasteiger partial charge in [-0.3, -0.25) is 0 Å². The Hall–Kier alpha value is -5.91. The highest BCUT2D eigenvalue weighted by Crippen LogP contribution is 2.42. The van der Waals surface area contributed by atoms with Crippen molar-refractivity contribution in [3.63, 3.8) is 0 Å². The molecular weight excluding hydrogens is 1610 g/mol. The number of rotatable bonds is 10. The monoisotopic (exact) mass is 1680 g/mol. The SMILES string of the molecule is Brc1ccc(I)cc1.C.C.C.C.CCCCC.Clc1cc(Cl)cc(-c2ccc(Br)cc2)c1.Clc1cc(Cl)cc(-c2ccc(N(c3ccccc3)c3ccc4sc5ccccc5c4c3)cc2)c1.OB(O)c1cc(Cl)cc(Cl)c1.c1ccc(Nc2ccc3sc4ccccc4c3c2)cc1. The molecule has 14 rings (SSSR count). The first-order valence-electron chi connectivity index (χ1n) is 29.5. The molecular formula is C81H76BBr2Cl6IN2O2S2. The lowest BCUT2D eigenvalue weighted by atomic mass is 9.80. The Kier molecular flexibility index (Phi) is 34.5. The summed E-state index contributed by atoms with van der Waals surface area (Å²) in [7, 11) is -1.52. The van der Waals surface area contributed by atoms with Crippen LogP contribution in [0.2, 0.25) is 30.1 Å². The van der Waals surface area contributed by atoms with Crippen LogP contribution in [0, 0.1) is 3.57 Å². The Morgan fingerprint density at radius 2 is 0.742 bits per heavy atom. The second kappa shape index (κ2) is 41.0. The number of hydrogen-bond acceptors (Lipinski definition) is 6. The highest BCUT2D eigenvalue weighted by Gasteiger charge is 2.16. The summed E-state index contributed by atoms with van der Waals surface area (Å²) in [6, 6.07) is 91.5. The quantitative estimate of drug-likeness (QED) is 0.0943. The third kappa shape index (κ3) is 24.2. The average molecular weight is 1680 g/mol.